The highest BCUT2D eigenvalue weighted by Gasteiger charge is 2.19. The van der Waals surface area contributed by atoms with Crippen molar-refractivity contribution < 1.29 is 9.18 Å². The quantitative estimate of drug-likeness (QED) is 0.765. The van der Waals surface area contributed by atoms with Crippen molar-refractivity contribution >= 4 is 34.2 Å². The summed E-state index contributed by atoms with van der Waals surface area (Å²) in [5.41, 5.74) is 0.655. The van der Waals surface area contributed by atoms with Gasteiger partial charge in [0.1, 0.15) is 5.82 Å². The number of carbonyl (C=O) groups is 1. The van der Waals surface area contributed by atoms with Crippen LogP contribution >= 0.6 is 28.3 Å². The van der Waals surface area contributed by atoms with Gasteiger partial charge in [-0.15, -0.1) is 12.4 Å². The Hall–Kier alpha value is -0.690. The van der Waals surface area contributed by atoms with E-state index in [2.05, 4.69) is 40.0 Å². The monoisotopic (exact) mass is 421 g/mol. The first-order valence-corrected chi connectivity index (χ1v) is 8.93. The molecule has 1 aliphatic heterocycles. The van der Waals surface area contributed by atoms with E-state index in [0.717, 1.165) is 30.7 Å². The molecule has 1 aliphatic rings. The molecule has 7 heteroatoms. The molecule has 136 valence electrons. The lowest BCUT2D eigenvalue weighted by Crippen LogP contribution is -2.47. The lowest BCUT2D eigenvalue weighted by molar-refractivity contribution is -0.132. The Morgan fingerprint density at radius 1 is 1.38 bits per heavy atom. The zero-order chi connectivity index (χ0) is 16.8. The number of nitrogens with one attached hydrogen (secondary N) is 1. The summed E-state index contributed by atoms with van der Waals surface area (Å²) >= 11 is 3.39. The topological polar surface area (TPSA) is 35.6 Å². The summed E-state index contributed by atoms with van der Waals surface area (Å²) in [5.74, 6) is -0.0147. The van der Waals surface area contributed by atoms with Gasteiger partial charge < -0.3 is 10.2 Å². The van der Waals surface area contributed by atoms with Crippen LogP contribution in [0, 0.1) is 5.82 Å². The number of hydrogen-bond donors (Lipinski definition) is 1. The summed E-state index contributed by atoms with van der Waals surface area (Å²) in [5, 5.41) is 3.25. The van der Waals surface area contributed by atoms with Gasteiger partial charge in [-0.3, -0.25) is 9.69 Å². The van der Waals surface area contributed by atoms with Crippen molar-refractivity contribution in [2.45, 2.75) is 32.9 Å². The summed E-state index contributed by atoms with van der Waals surface area (Å²) in [4.78, 5) is 16.3. The van der Waals surface area contributed by atoms with Crippen LogP contribution < -0.4 is 5.32 Å². The molecule has 1 aromatic rings. The van der Waals surface area contributed by atoms with E-state index in [9.17, 15) is 9.18 Å². The minimum atomic E-state index is -0.202. The molecule has 0 aromatic heterocycles. The summed E-state index contributed by atoms with van der Waals surface area (Å²) in [6.07, 6.45) is 0.480. The van der Waals surface area contributed by atoms with Crippen LogP contribution in [-0.4, -0.2) is 54.5 Å². The van der Waals surface area contributed by atoms with E-state index < -0.39 is 0 Å². The molecule has 1 fully saturated rings. The fraction of sp³-hybridized carbons (Fsp3) is 0.588. The molecular formula is C17H26BrClFN3O. The predicted octanol–water partition coefficient (Wildman–Crippen LogP) is 3.04. The highest BCUT2D eigenvalue weighted by molar-refractivity contribution is 9.10. The number of amides is 1. The zero-order valence-electron chi connectivity index (χ0n) is 14.2. The van der Waals surface area contributed by atoms with Crippen molar-refractivity contribution in [1.29, 1.82) is 0 Å². The minimum absolute atomic E-state index is 0. The molecule has 0 saturated carbocycles. The van der Waals surface area contributed by atoms with Gasteiger partial charge in [-0.25, -0.2) is 4.39 Å². The van der Waals surface area contributed by atoms with Crippen LogP contribution in [0.1, 0.15) is 25.8 Å². The number of carbonyl (C=O) groups excluding carboxylic acids is 1. The van der Waals surface area contributed by atoms with Gasteiger partial charge in [0.2, 0.25) is 5.91 Å². The van der Waals surface area contributed by atoms with Gasteiger partial charge in [-0.1, -0.05) is 15.9 Å². The first kappa shape index (κ1) is 21.4. The number of piperazine rings is 1. The van der Waals surface area contributed by atoms with Crippen molar-refractivity contribution in [3.05, 3.63) is 34.1 Å². The molecule has 1 amide bonds. The number of benzene rings is 1. The Morgan fingerprint density at radius 2 is 2.04 bits per heavy atom. The van der Waals surface area contributed by atoms with Crippen molar-refractivity contribution in [3.8, 4) is 0 Å². The Balaban J connectivity index is 0.00000288. The molecule has 0 spiro atoms. The first-order valence-electron chi connectivity index (χ1n) is 8.14. The smallest absolute Gasteiger partial charge is 0.223 e. The molecular weight excluding hydrogens is 397 g/mol. The normalized spacial score (nSPS) is 14.8. The summed E-state index contributed by atoms with van der Waals surface area (Å²) < 4.78 is 14.8. The highest BCUT2D eigenvalue weighted by atomic mass is 79.9. The van der Waals surface area contributed by atoms with Gasteiger partial charge in [0.25, 0.3) is 0 Å². The standard InChI is InChI=1S/C17H25BrFN3O.ClH/c1-13(2)22(12-14-11-15(18)3-4-16(14)19)8-5-17(23)21-9-6-20-7-10-21;/h3-4,11,13,20H,5-10,12H2,1-2H3;1H. The minimum Gasteiger partial charge on any atom is -0.340 e. The first-order chi connectivity index (χ1) is 11.0. The van der Waals surface area contributed by atoms with E-state index in [1.165, 1.54) is 6.07 Å². The molecule has 0 bridgehead atoms. The summed E-state index contributed by atoms with van der Waals surface area (Å²) in [6.45, 7) is 8.59. The van der Waals surface area contributed by atoms with Crippen LogP contribution in [0.5, 0.6) is 0 Å². The predicted molar refractivity (Wildman–Crippen MR) is 101 cm³/mol. The van der Waals surface area contributed by atoms with Gasteiger partial charge in [0.05, 0.1) is 0 Å². The fourth-order valence-corrected chi connectivity index (χ4v) is 3.12. The lowest BCUT2D eigenvalue weighted by Gasteiger charge is -2.30. The van der Waals surface area contributed by atoms with E-state index in [1.807, 2.05) is 11.0 Å². The molecule has 0 atom stereocenters. The summed E-state index contributed by atoms with van der Waals surface area (Å²) in [7, 11) is 0. The molecule has 4 nitrogen and oxygen atoms in total. The molecule has 1 saturated heterocycles. The number of nitrogens with zero attached hydrogens (tertiary/aromatic N) is 2. The van der Waals surface area contributed by atoms with Crippen LogP contribution in [0.15, 0.2) is 22.7 Å². The van der Waals surface area contributed by atoms with E-state index in [4.69, 9.17) is 0 Å². The maximum absolute atomic E-state index is 14.0. The maximum atomic E-state index is 14.0. The highest BCUT2D eigenvalue weighted by Crippen LogP contribution is 2.18. The molecule has 1 N–H and O–H groups in total. The van der Waals surface area contributed by atoms with Gasteiger partial charge in [0.15, 0.2) is 0 Å². The molecule has 1 aromatic carbocycles. The average molecular weight is 423 g/mol. The Labute approximate surface area is 158 Å². The van der Waals surface area contributed by atoms with Crippen molar-refractivity contribution in [3.63, 3.8) is 0 Å². The van der Waals surface area contributed by atoms with Crippen LogP contribution in [-0.2, 0) is 11.3 Å². The Bertz CT molecular complexity index is 539. The molecule has 0 unspecified atom stereocenters. The lowest BCUT2D eigenvalue weighted by atomic mass is 10.1. The fourth-order valence-electron chi connectivity index (χ4n) is 2.71. The SMILES string of the molecule is CC(C)N(CCC(=O)N1CCNCC1)Cc1cc(Br)ccc1F.Cl. The van der Waals surface area contributed by atoms with Crippen LogP contribution in [0.3, 0.4) is 0 Å². The second-order valence-electron chi connectivity index (χ2n) is 6.18. The molecule has 2 rings (SSSR count). The Kier molecular flexibility index (Phi) is 9.19. The summed E-state index contributed by atoms with van der Waals surface area (Å²) in [6, 6.07) is 5.24. The average Bonchev–Trinajstić information content (AvgIpc) is 2.54. The number of hydrogen-bond acceptors (Lipinski definition) is 3. The van der Waals surface area contributed by atoms with Gasteiger partial charge in [-0.2, -0.15) is 0 Å². The third-order valence-corrected chi connectivity index (χ3v) is 4.69. The van der Waals surface area contributed by atoms with Gasteiger partial charge >= 0.3 is 0 Å². The number of halogens is 3. The third kappa shape index (κ3) is 6.31. The second kappa shape index (κ2) is 10.3. The van der Waals surface area contributed by atoms with E-state index in [-0.39, 0.29) is 30.2 Å². The third-order valence-electron chi connectivity index (χ3n) is 4.19. The van der Waals surface area contributed by atoms with Gasteiger partial charge in [-0.05, 0) is 32.0 Å². The molecule has 0 radical (unpaired) electrons. The van der Waals surface area contributed by atoms with Crippen molar-refractivity contribution in [1.82, 2.24) is 15.1 Å². The second-order valence-corrected chi connectivity index (χ2v) is 7.10. The van der Waals surface area contributed by atoms with Crippen molar-refractivity contribution in [2.75, 3.05) is 32.7 Å². The number of rotatable bonds is 6. The van der Waals surface area contributed by atoms with E-state index >= 15 is 0 Å². The zero-order valence-corrected chi connectivity index (χ0v) is 16.6. The largest absolute Gasteiger partial charge is 0.340 e. The molecule has 24 heavy (non-hydrogen) atoms. The maximum Gasteiger partial charge on any atom is 0.223 e. The van der Waals surface area contributed by atoms with Gasteiger partial charge in [0, 0.05) is 61.8 Å². The molecule has 1 heterocycles. The van der Waals surface area contributed by atoms with Crippen LogP contribution in [0.4, 0.5) is 4.39 Å². The Morgan fingerprint density at radius 3 is 2.67 bits per heavy atom. The molecule has 0 aliphatic carbocycles. The van der Waals surface area contributed by atoms with Crippen molar-refractivity contribution in [2.24, 2.45) is 0 Å². The van der Waals surface area contributed by atoms with Crippen LogP contribution in [0.25, 0.3) is 0 Å². The van der Waals surface area contributed by atoms with Crippen LogP contribution in [0.2, 0.25) is 0 Å². The van der Waals surface area contributed by atoms with E-state index in [1.54, 1.807) is 6.07 Å². The van der Waals surface area contributed by atoms with E-state index in [0.29, 0.717) is 25.1 Å².